The summed E-state index contributed by atoms with van der Waals surface area (Å²) in [5.41, 5.74) is -1.09. The maximum absolute atomic E-state index is 12.3. The van der Waals surface area contributed by atoms with Crippen LogP contribution >= 0.6 is 15.6 Å². The van der Waals surface area contributed by atoms with E-state index in [9.17, 15) is 33.6 Å². The van der Waals surface area contributed by atoms with Gasteiger partial charge in [-0.3, -0.25) is 23.4 Å². The van der Waals surface area contributed by atoms with Crippen molar-refractivity contribution in [2.75, 3.05) is 20.7 Å². The van der Waals surface area contributed by atoms with Crippen LogP contribution in [0.5, 0.6) is 0 Å². The van der Waals surface area contributed by atoms with Crippen molar-refractivity contribution in [1.29, 1.82) is 0 Å². The Morgan fingerprint density at radius 2 is 1.89 bits per heavy atom. The molecule has 35 heavy (non-hydrogen) atoms. The van der Waals surface area contributed by atoms with Gasteiger partial charge in [-0.25, -0.2) is 13.9 Å². The highest BCUT2D eigenvalue weighted by Crippen LogP contribution is 2.61. The third-order valence-electron chi connectivity index (χ3n) is 5.79. The van der Waals surface area contributed by atoms with Gasteiger partial charge in [0.15, 0.2) is 6.29 Å². The van der Waals surface area contributed by atoms with E-state index in [4.69, 9.17) is 18.5 Å². The Hall–Kier alpha value is -1.22. The summed E-state index contributed by atoms with van der Waals surface area (Å²) in [6.45, 7) is 2.55. The molecule has 0 saturated carbocycles. The molecule has 15 nitrogen and oxygen atoms in total. The summed E-state index contributed by atoms with van der Waals surface area (Å²) < 4.78 is 50.6. The number of rotatable bonds is 9. The number of aryl methyl sites for hydroxylation is 1. The Bertz CT molecular complexity index is 1110. The molecule has 2 saturated heterocycles. The molecule has 4 unspecified atom stereocenters. The molecular formula is C18H31N3O12P2. The number of aromatic nitrogens is 2. The second-order valence-electron chi connectivity index (χ2n) is 8.71. The van der Waals surface area contributed by atoms with E-state index in [1.165, 1.54) is 13.1 Å². The van der Waals surface area contributed by atoms with Crippen LogP contribution in [0.15, 0.2) is 15.8 Å². The molecule has 1 aromatic rings. The van der Waals surface area contributed by atoms with E-state index in [1.54, 1.807) is 6.92 Å². The van der Waals surface area contributed by atoms with E-state index in [-0.39, 0.29) is 30.6 Å². The molecular weight excluding hydrogens is 512 g/mol. The van der Waals surface area contributed by atoms with Crippen LogP contribution < -0.4 is 11.2 Å². The minimum Gasteiger partial charge on any atom is -0.390 e. The maximum atomic E-state index is 12.3. The zero-order valence-corrected chi connectivity index (χ0v) is 21.5. The van der Waals surface area contributed by atoms with Gasteiger partial charge in [-0.2, -0.15) is 4.31 Å². The number of nitrogens with zero attached hydrogens (tertiary/aromatic N) is 2. The first-order valence-corrected chi connectivity index (χ1v) is 13.8. The summed E-state index contributed by atoms with van der Waals surface area (Å²) in [5, 5.41) is 10.2. The molecule has 4 N–H and O–H groups in total. The lowest BCUT2D eigenvalue weighted by molar-refractivity contribution is -0.170. The van der Waals surface area contributed by atoms with E-state index in [0.29, 0.717) is 6.42 Å². The lowest BCUT2D eigenvalue weighted by Gasteiger charge is -2.38. The minimum atomic E-state index is -5.13. The fraction of sp³-hybridized carbons (Fsp3) is 0.778. The number of likely N-dealkylation sites (N-methyl/N-ethyl adjacent to an activating group) is 1. The summed E-state index contributed by atoms with van der Waals surface area (Å²) in [7, 11) is -6.45. The fourth-order valence-electron chi connectivity index (χ4n) is 4.02. The van der Waals surface area contributed by atoms with Gasteiger partial charge in [0.05, 0.1) is 18.8 Å². The van der Waals surface area contributed by atoms with Gasteiger partial charge in [0.1, 0.15) is 12.3 Å². The molecule has 1 aromatic heterocycles. The van der Waals surface area contributed by atoms with Crippen molar-refractivity contribution in [3.63, 3.8) is 0 Å². The zero-order chi connectivity index (χ0) is 26.1. The highest BCUT2D eigenvalue weighted by atomic mass is 31.3. The molecule has 3 heterocycles. The van der Waals surface area contributed by atoms with Crippen LogP contribution in [0.25, 0.3) is 0 Å². The van der Waals surface area contributed by atoms with Crippen LogP contribution in [0.3, 0.4) is 0 Å². The lowest BCUT2D eigenvalue weighted by atomic mass is 10.0. The van der Waals surface area contributed by atoms with E-state index in [0.717, 1.165) is 4.57 Å². The van der Waals surface area contributed by atoms with Crippen molar-refractivity contribution >= 4 is 15.6 Å². The Balaban J connectivity index is 1.54. The van der Waals surface area contributed by atoms with E-state index in [2.05, 4.69) is 9.29 Å². The smallest absolute Gasteiger partial charge is 0.390 e. The fourth-order valence-corrected chi connectivity index (χ4v) is 6.19. The molecule has 2 aliphatic rings. The number of hydrogen-bond donors (Lipinski definition) is 4. The largest absolute Gasteiger partial charge is 0.483 e. The van der Waals surface area contributed by atoms with Crippen molar-refractivity contribution < 1.29 is 46.9 Å². The normalized spacial score (nSPS) is 32.9. The van der Waals surface area contributed by atoms with Crippen LogP contribution in [0.1, 0.15) is 38.0 Å². The van der Waals surface area contributed by atoms with Crippen molar-refractivity contribution in [3.8, 4) is 0 Å². The summed E-state index contributed by atoms with van der Waals surface area (Å²) in [4.78, 5) is 47.5. The molecule has 200 valence electrons. The van der Waals surface area contributed by atoms with E-state index >= 15 is 0 Å². The Kier molecular flexibility index (Phi) is 8.94. The number of phosphoric acid groups is 2. The highest BCUT2D eigenvalue weighted by molar-refractivity contribution is 7.61. The second-order valence-corrected chi connectivity index (χ2v) is 11.7. The van der Waals surface area contributed by atoms with Gasteiger partial charge in [-0.05, 0) is 34.4 Å². The number of phosphoric ester groups is 2. The first-order valence-electron chi connectivity index (χ1n) is 10.8. The topological polar surface area (TPSA) is 199 Å². The molecule has 3 rings (SSSR count). The van der Waals surface area contributed by atoms with Crippen molar-refractivity contribution in [1.82, 2.24) is 14.5 Å². The maximum Gasteiger partial charge on any atom is 0.483 e. The summed E-state index contributed by atoms with van der Waals surface area (Å²) >= 11 is 0. The van der Waals surface area contributed by atoms with Crippen LogP contribution in [0, 0.1) is 6.92 Å². The minimum absolute atomic E-state index is 0.0682. The molecule has 0 aromatic carbocycles. The molecule has 2 aliphatic heterocycles. The molecule has 2 fully saturated rings. The average molecular weight is 543 g/mol. The van der Waals surface area contributed by atoms with Crippen LogP contribution in [0.4, 0.5) is 0 Å². The lowest BCUT2D eigenvalue weighted by Crippen LogP contribution is -2.45. The van der Waals surface area contributed by atoms with Gasteiger partial charge >= 0.3 is 21.3 Å². The van der Waals surface area contributed by atoms with Gasteiger partial charge in [0.2, 0.25) is 0 Å². The van der Waals surface area contributed by atoms with Crippen molar-refractivity contribution in [2.45, 2.75) is 70.0 Å². The van der Waals surface area contributed by atoms with Crippen LogP contribution in [-0.4, -0.2) is 80.7 Å². The number of aliphatic hydroxyl groups is 1. The molecule has 0 amide bonds. The quantitative estimate of drug-likeness (QED) is 0.308. The van der Waals surface area contributed by atoms with Crippen LogP contribution in [-0.2, 0) is 32.0 Å². The van der Waals surface area contributed by atoms with E-state index < -0.39 is 58.2 Å². The predicted octanol–water partition coefficient (Wildman–Crippen LogP) is 0.199. The summed E-state index contributed by atoms with van der Waals surface area (Å²) in [5.74, 6) is 0. The predicted molar refractivity (Wildman–Crippen MR) is 119 cm³/mol. The number of hydrogen-bond acceptors (Lipinski definition) is 11. The number of H-pyrrole nitrogens is 1. The number of nitrogens with one attached hydrogen (secondary N) is 1. The summed E-state index contributed by atoms with van der Waals surface area (Å²) in [6, 6.07) is 0.0682. The van der Waals surface area contributed by atoms with Crippen molar-refractivity contribution in [2.24, 2.45) is 0 Å². The zero-order valence-electron chi connectivity index (χ0n) is 19.7. The first-order chi connectivity index (χ1) is 16.2. The third-order valence-corrected chi connectivity index (χ3v) is 8.42. The standard InChI is InChI=1S/C18H31N3O12P2/c1-10-8-21(18(24)19-17(10)23)15-7-13(22)14(31-15)9-29-34(25,26)33-35(27,28)32-16-6-5-12(20(3)4)11(2)30-16/h8,11-16,22H,5-7,9H2,1-4H3,(H,25,26)(H,27,28)(H,19,23,24)/t11-,12?,13+,14-,15-,16?/m1/s1. The highest BCUT2D eigenvalue weighted by Gasteiger charge is 2.42. The van der Waals surface area contributed by atoms with Gasteiger partial charge in [0.25, 0.3) is 5.56 Å². The Labute approximate surface area is 200 Å². The van der Waals surface area contributed by atoms with Gasteiger partial charge < -0.3 is 29.3 Å². The van der Waals surface area contributed by atoms with E-state index in [1.807, 2.05) is 19.0 Å². The second kappa shape index (κ2) is 11.0. The number of aromatic amines is 1. The number of ether oxygens (including phenoxy) is 2. The Morgan fingerprint density at radius 3 is 2.51 bits per heavy atom. The van der Waals surface area contributed by atoms with Gasteiger partial charge in [-0.15, -0.1) is 0 Å². The average Bonchev–Trinajstić information content (AvgIpc) is 3.08. The van der Waals surface area contributed by atoms with Crippen molar-refractivity contribution in [3.05, 3.63) is 32.6 Å². The molecule has 0 aliphatic carbocycles. The molecule has 0 radical (unpaired) electrons. The number of aliphatic hydroxyl groups excluding tert-OH is 1. The van der Waals surface area contributed by atoms with Gasteiger partial charge in [-0.1, -0.05) is 0 Å². The summed E-state index contributed by atoms with van der Waals surface area (Å²) in [6.07, 6.45) is -2.79. The monoisotopic (exact) mass is 543 g/mol. The first kappa shape index (κ1) is 28.4. The third kappa shape index (κ3) is 7.40. The molecule has 0 bridgehead atoms. The Morgan fingerprint density at radius 1 is 1.20 bits per heavy atom. The van der Waals surface area contributed by atoms with Gasteiger partial charge in [0, 0.05) is 30.6 Å². The SMILES string of the molecule is Cc1cn([C@H]2C[C@H](O)[C@@H](COP(=O)(O)OP(=O)(O)OC3CCC(N(C)C)[C@@H](C)O3)O2)c(=O)[nH]c1=O. The van der Waals surface area contributed by atoms with Crippen LogP contribution in [0.2, 0.25) is 0 Å². The molecule has 0 spiro atoms. The molecule has 17 heteroatoms. The molecule has 8 atom stereocenters.